The summed E-state index contributed by atoms with van der Waals surface area (Å²) in [6, 6.07) is 0.503. The van der Waals surface area contributed by atoms with E-state index in [2.05, 4.69) is 29.1 Å². The number of H-pyrrole nitrogens is 1. The first-order valence-corrected chi connectivity index (χ1v) is 6.72. The van der Waals surface area contributed by atoms with Gasteiger partial charge in [0.15, 0.2) is 5.69 Å². The van der Waals surface area contributed by atoms with Crippen molar-refractivity contribution in [2.75, 3.05) is 5.32 Å². The summed E-state index contributed by atoms with van der Waals surface area (Å²) < 4.78 is 37.9. The Hall–Kier alpha value is -1.53. The maximum absolute atomic E-state index is 12.6. The maximum atomic E-state index is 12.6. The smallest absolute Gasteiger partial charge is 0.353 e. The number of hydrogen-bond donors (Lipinski definition) is 2. The largest absolute Gasteiger partial charge is 0.433 e. The molecule has 2 N–H and O–H groups in total. The Balaban J connectivity index is 2.21. The molecule has 0 radical (unpaired) electrons. The summed E-state index contributed by atoms with van der Waals surface area (Å²) in [5, 5.41) is 2.95. The minimum atomic E-state index is -4.61. The van der Waals surface area contributed by atoms with Gasteiger partial charge in [-0.1, -0.05) is 26.7 Å². The van der Waals surface area contributed by atoms with E-state index in [1.165, 1.54) is 0 Å². The molecule has 1 aromatic rings. The van der Waals surface area contributed by atoms with Gasteiger partial charge in [0, 0.05) is 12.1 Å². The molecule has 112 valence electrons. The van der Waals surface area contributed by atoms with Crippen molar-refractivity contribution in [3.05, 3.63) is 22.1 Å². The summed E-state index contributed by atoms with van der Waals surface area (Å²) in [5.74, 6) is 0.721. The number of hydrogen-bond acceptors (Lipinski definition) is 3. The standard InChI is InChI=1S/C13H18F3N3O/c1-7-4-3-5-9(8(7)2)17-12-18-10(13(14,15)16)6-11(20)19-12/h6-9H,3-5H2,1-2H3,(H2,17,18,19,20). The van der Waals surface area contributed by atoms with Crippen LogP contribution in [0.1, 0.15) is 38.8 Å². The zero-order chi connectivity index (χ0) is 14.9. The zero-order valence-corrected chi connectivity index (χ0v) is 11.4. The Labute approximate surface area is 114 Å². The minimum absolute atomic E-state index is 0.0328. The van der Waals surface area contributed by atoms with Crippen molar-refractivity contribution in [3.8, 4) is 0 Å². The Morgan fingerprint density at radius 3 is 2.70 bits per heavy atom. The third kappa shape index (κ3) is 3.32. The maximum Gasteiger partial charge on any atom is 0.433 e. The van der Waals surface area contributed by atoms with E-state index < -0.39 is 17.4 Å². The first-order valence-electron chi connectivity index (χ1n) is 6.72. The molecule has 1 saturated carbocycles. The molecular formula is C13H18F3N3O. The highest BCUT2D eigenvalue weighted by Crippen LogP contribution is 2.31. The van der Waals surface area contributed by atoms with Gasteiger partial charge in [-0.2, -0.15) is 13.2 Å². The number of rotatable bonds is 2. The first kappa shape index (κ1) is 14.9. The van der Waals surface area contributed by atoms with Gasteiger partial charge in [0.2, 0.25) is 5.95 Å². The molecule has 20 heavy (non-hydrogen) atoms. The highest BCUT2D eigenvalue weighted by molar-refractivity contribution is 5.28. The van der Waals surface area contributed by atoms with Gasteiger partial charge in [-0.15, -0.1) is 0 Å². The molecule has 1 aromatic heterocycles. The van der Waals surface area contributed by atoms with Crippen LogP contribution in [0.2, 0.25) is 0 Å². The van der Waals surface area contributed by atoms with Crippen LogP contribution >= 0.6 is 0 Å². The number of halogens is 3. The summed E-state index contributed by atoms with van der Waals surface area (Å²) in [5.41, 5.74) is -1.97. The van der Waals surface area contributed by atoms with Crippen molar-refractivity contribution in [1.29, 1.82) is 0 Å². The van der Waals surface area contributed by atoms with Gasteiger partial charge in [-0.25, -0.2) is 4.98 Å². The molecule has 1 aliphatic carbocycles. The van der Waals surface area contributed by atoms with Crippen LogP contribution in [0.3, 0.4) is 0 Å². The summed E-state index contributed by atoms with van der Waals surface area (Å²) in [6.45, 7) is 4.19. The van der Waals surface area contributed by atoms with Crippen LogP contribution in [-0.4, -0.2) is 16.0 Å². The zero-order valence-electron chi connectivity index (χ0n) is 11.4. The van der Waals surface area contributed by atoms with E-state index >= 15 is 0 Å². The van der Waals surface area contributed by atoms with Crippen LogP contribution < -0.4 is 10.9 Å². The number of anilines is 1. The van der Waals surface area contributed by atoms with Gasteiger partial charge in [-0.05, 0) is 18.3 Å². The van der Waals surface area contributed by atoms with Gasteiger partial charge in [0.25, 0.3) is 5.56 Å². The second-order valence-electron chi connectivity index (χ2n) is 5.50. The predicted octanol–water partition coefficient (Wildman–Crippen LogP) is 3.03. The van der Waals surface area contributed by atoms with Gasteiger partial charge in [0.05, 0.1) is 0 Å². The first-order chi connectivity index (χ1) is 9.27. The monoisotopic (exact) mass is 289 g/mol. The summed E-state index contributed by atoms with van der Waals surface area (Å²) >= 11 is 0. The SMILES string of the molecule is CC1CCCC(Nc2nc(C(F)(F)F)cc(=O)[nH]2)C1C. The van der Waals surface area contributed by atoms with Crippen molar-refractivity contribution in [2.24, 2.45) is 11.8 Å². The number of nitrogens with one attached hydrogen (secondary N) is 2. The van der Waals surface area contributed by atoms with Crippen LogP contribution in [0.25, 0.3) is 0 Å². The number of nitrogens with zero attached hydrogens (tertiary/aromatic N) is 1. The third-order valence-corrected chi connectivity index (χ3v) is 4.06. The highest BCUT2D eigenvalue weighted by atomic mass is 19.4. The molecule has 0 aromatic carbocycles. The molecule has 1 fully saturated rings. The van der Waals surface area contributed by atoms with Crippen LogP contribution in [0.4, 0.5) is 19.1 Å². The van der Waals surface area contributed by atoms with Crippen LogP contribution in [0.15, 0.2) is 10.9 Å². The van der Waals surface area contributed by atoms with E-state index in [1.54, 1.807) is 0 Å². The fourth-order valence-electron chi connectivity index (χ4n) is 2.63. The van der Waals surface area contributed by atoms with Crippen molar-refractivity contribution in [3.63, 3.8) is 0 Å². The van der Waals surface area contributed by atoms with E-state index in [9.17, 15) is 18.0 Å². The van der Waals surface area contributed by atoms with E-state index in [-0.39, 0.29) is 12.0 Å². The van der Waals surface area contributed by atoms with Crippen molar-refractivity contribution < 1.29 is 13.2 Å². The molecule has 0 amide bonds. The van der Waals surface area contributed by atoms with Crippen LogP contribution in [-0.2, 0) is 6.18 Å². The second kappa shape index (κ2) is 5.46. The highest BCUT2D eigenvalue weighted by Gasteiger charge is 2.34. The van der Waals surface area contributed by atoms with Gasteiger partial charge in [-0.3, -0.25) is 9.78 Å². The molecule has 0 aliphatic heterocycles. The fourth-order valence-corrected chi connectivity index (χ4v) is 2.63. The number of aromatic nitrogens is 2. The Morgan fingerprint density at radius 1 is 1.35 bits per heavy atom. The molecule has 0 bridgehead atoms. The quantitative estimate of drug-likeness (QED) is 0.880. The van der Waals surface area contributed by atoms with Gasteiger partial charge >= 0.3 is 6.18 Å². The summed E-state index contributed by atoms with van der Waals surface area (Å²) in [7, 11) is 0. The normalized spacial score (nSPS) is 27.4. The lowest BCUT2D eigenvalue weighted by Crippen LogP contribution is -2.36. The van der Waals surface area contributed by atoms with Gasteiger partial charge in [0.1, 0.15) is 0 Å². The molecule has 0 saturated heterocycles. The molecule has 3 unspecified atom stereocenters. The van der Waals surface area contributed by atoms with Crippen LogP contribution in [0.5, 0.6) is 0 Å². The number of alkyl halides is 3. The van der Waals surface area contributed by atoms with E-state index in [0.717, 1.165) is 19.3 Å². The summed E-state index contributed by atoms with van der Waals surface area (Å²) in [6.07, 6.45) is -1.61. The Bertz CT molecular complexity index is 526. The molecule has 2 rings (SSSR count). The van der Waals surface area contributed by atoms with Crippen molar-refractivity contribution >= 4 is 5.95 Å². The Kier molecular flexibility index (Phi) is 4.06. The average molecular weight is 289 g/mol. The lowest BCUT2D eigenvalue weighted by atomic mass is 9.78. The van der Waals surface area contributed by atoms with Crippen molar-refractivity contribution in [2.45, 2.75) is 45.3 Å². The summed E-state index contributed by atoms with van der Waals surface area (Å²) in [4.78, 5) is 17.1. The molecule has 7 heteroatoms. The van der Waals surface area contributed by atoms with Crippen molar-refractivity contribution in [1.82, 2.24) is 9.97 Å². The molecule has 0 spiro atoms. The molecular weight excluding hydrogens is 271 g/mol. The topological polar surface area (TPSA) is 57.8 Å². The second-order valence-corrected chi connectivity index (χ2v) is 5.50. The lowest BCUT2D eigenvalue weighted by molar-refractivity contribution is -0.141. The van der Waals surface area contributed by atoms with Gasteiger partial charge < -0.3 is 5.32 Å². The number of aromatic amines is 1. The molecule has 1 heterocycles. The molecule has 3 atom stereocenters. The van der Waals surface area contributed by atoms with Crippen LogP contribution in [0, 0.1) is 11.8 Å². The molecule has 4 nitrogen and oxygen atoms in total. The minimum Gasteiger partial charge on any atom is -0.353 e. The van der Waals surface area contributed by atoms with E-state index in [1.807, 2.05) is 0 Å². The van der Waals surface area contributed by atoms with E-state index in [0.29, 0.717) is 17.9 Å². The predicted molar refractivity (Wildman–Crippen MR) is 69.4 cm³/mol. The van der Waals surface area contributed by atoms with E-state index in [4.69, 9.17) is 0 Å². The fraction of sp³-hybridized carbons (Fsp3) is 0.692. The third-order valence-electron chi connectivity index (χ3n) is 4.06. The lowest BCUT2D eigenvalue weighted by Gasteiger charge is -2.34. The Morgan fingerprint density at radius 2 is 2.05 bits per heavy atom. The molecule has 1 aliphatic rings. The average Bonchev–Trinajstić information content (AvgIpc) is 2.33.